The fraction of sp³-hybridized carbons (Fsp3) is 0.455. The number of hydrogen-bond donors (Lipinski definition) is 2. The zero-order valence-electron chi connectivity index (χ0n) is 17.9. The van der Waals surface area contributed by atoms with Crippen molar-refractivity contribution >= 4 is 11.8 Å². The summed E-state index contributed by atoms with van der Waals surface area (Å²) < 4.78 is 50.6. The minimum absolute atomic E-state index is 0.0253. The lowest BCUT2D eigenvalue weighted by Crippen LogP contribution is -2.38. The van der Waals surface area contributed by atoms with Crippen LogP contribution in [0.3, 0.4) is 0 Å². The lowest BCUT2D eigenvalue weighted by Gasteiger charge is -2.32. The van der Waals surface area contributed by atoms with Crippen molar-refractivity contribution in [2.45, 2.75) is 38.5 Å². The lowest BCUT2D eigenvalue weighted by atomic mass is 10.0. The Morgan fingerprint density at radius 2 is 1.97 bits per heavy atom. The van der Waals surface area contributed by atoms with E-state index < -0.39 is 23.3 Å². The zero-order valence-corrected chi connectivity index (χ0v) is 17.9. The second-order valence-corrected chi connectivity index (χ2v) is 7.53. The molecule has 0 aliphatic carbocycles. The second kappa shape index (κ2) is 10.1. The molecule has 174 valence electrons. The quantitative estimate of drug-likeness (QED) is 0.617. The Balaban J connectivity index is 1.60. The van der Waals surface area contributed by atoms with Crippen molar-refractivity contribution in [2.75, 3.05) is 32.1 Å². The first-order valence-electron chi connectivity index (χ1n) is 10.3. The Kier molecular flexibility index (Phi) is 7.44. The van der Waals surface area contributed by atoms with Crippen LogP contribution in [-0.2, 0) is 12.7 Å². The van der Waals surface area contributed by atoms with Crippen molar-refractivity contribution in [2.24, 2.45) is 0 Å². The number of benzene rings is 1. The lowest BCUT2D eigenvalue weighted by molar-refractivity contribution is -0.138. The number of carboxylic acids is 1. The highest BCUT2D eigenvalue weighted by Gasteiger charge is 2.36. The van der Waals surface area contributed by atoms with Gasteiger partial charge in [0.05, 0.1) is 24.8 Å². The molecule has 2 heterocycles. The van der Waals surface area contributed by atoms with E-state index in [0.29, 0.717) is 18.1 Å². The summed E-state index contributed by atoms with van der Waals surface area (Å²) in [5, 5.41) is 12.0. The number of carbonyl (C=O) groups is 1. The molecule has 2 N–H and O–H groups in total. The first-order valence-corrected chi connectivity index (χ1v) is 10.3. The third-order valence-electron chi connectivity index (χ3n) is 5.31. The summed E-state index contributed by atoms with van der Waals surface area (Å²) in [6, 6.07) is 6.53. The van der Waals surface area contributed by atoms with E-state index in [1.807, 2.05) is 25.1 Å². The molecule has 1 aromatic carbocycles. The van der Waals surface area contributed by atoms with Crippen LogP contribution in [0.1, 0.15) is 41.3 Å². The van der Waals surface area contributed by atoms with E-state index in [-0.39, 0.29) is 11.9 Å². The van der Waals surface area contributed by atoms with Gasteiger partial charge in [-0.25, -0.2) is 9.78 Å². The molecule has 0 amide bonds. The summed E-state index contributed by atoms with van der Waals surface area (Å²) in [5.41, 5.74) is -0.977. The van der Waals surface area contributed by atoms with E-state index in [0.717, 1.165) is 50.3 Å². The van der Waals surface area contributed by atoms with E-state index in [4.69, 9.17) is 14.6 Å². The van der Waals surface area contributed by atoms with Crippen LogP contribution in [0.5, 0.6) is 11.5 Å². The van der Waals surface area contributed by atoms with Gasteiger partial charge < -0.3 is 19.9 Å². The summed E-state index contributed by atoms with van der Waals surface area (Å²) in [5.74, 6) is -0.258. The van der Waals surface area contributed by atoms with E-state index in [2.05, 4.69) is 15.2 Å². The minimum Gasteiger partial charge on any atom is -0.493 e. The monoisotopic (exact) mass is 453 g/mol. The maximum atomic E-state index is 13.2. The SMILES string of the molecule is CCOc1cc(CN2CCC(Nc3cc(C(F)(F)F)c(C(=O)O)cn3)CC2)ccc1OC. The number of halogens is 3. The van der Waals surface area contributed by atoms with Gasteiger partial charge in [0.15, 0.2) is 11.5 Å². The number of aromatic nitrogens is 1. The Bertz CT molecular complexity index is 945. The summed E-state index contributed by atoms with van der Waals surface area (Å²) in [7, 11) is 1.59. The first-order chi connectivity index (χ1) is 15.2. The summed E-state index contributed by atoms with van der Waals surface area (Å²) >= 11 is 0. The first kappa shape index (κ1) is 23.6. The van der Waals surface area contributed by atoms with Crippen LogP contribution < -0.4 is 14.8 Å². The predicted octanol–water partition coefficient (Wildman–Crippen LogP) is 4.28. The number of methoxy groups -OCH3 is 1. The fourth-order valence-electron chi connectivity index (χ4n) is 3.73. The predicted molar refractivity (Wildman–Crippen MR) is 112 cm³/mol. The van der Waals surface area contributed by atoms with Crippen molar-refractivity contribution in [3.05, 3.63) is 47.2 Å². The Morgan fingerprint density at radius 1 is 1.25 bits per heavy atom. The Labute approximate surface area is 184 Å². The topological polar surface area (TPSA) is 83.9 Å². The van der Waals surface area contributed by atoms with Crippen LogP contribution in [0.4, 0.5) is 19.0 Å². The number of hydrogen-bond acceptors (Lipinski definition) is 6. The molecular weight excluding hydrogens is 427 g/mol. The number of piperidine rings is 1. The number of alkyl halides is 3. The second-order valence-electron chi connectivity index (χ2n) is 7.53. The molecule has 2 aromatic rings. The van der Waals surface area contributed by atoms with Gasteiger partial charge in [0, 0.05) is 31.9 Å². The number of rotatable bonds is 8. The van der Waals surface area contributed by atoms with Crippen LogP contribution in [0, 0.1) is 0 Å². The molecule has 0 radical (unpaired) electrons. The van der Waals surface area contributed by atoms with Crippen LogP contribution in [0.15, 0.2) is 30.5 Å². The molecule has 0 unspecified atom stereocenters. The third kappa shape index (κ3) is 5.82. The third-order valence-corrected chi connectivity index (χ3v) is 5.31. The number of pyridine rings is 1. The molecule has 10 heteroatoms. The van der Waals surface area contributed by atoms with Gasteiger partial charge in [-0.1, -0.05) is 6.07 Å². The minimum atomic E-state index is -4.77. The maximum Gasteiger partial charge on any atom is 0.417 e. The number of carboxylic acid groups (broad SMARTS) is 1. The molecule has 1 aromatic heterocycles. The van der Waals surface area contributed by atoms with E-state index in [1.54, 1.807) is 7.11 Å². The highest BCUT2D eigenvalue weighted by atomic mass is 19.4. The maximum absolute atomic E-state index is 13.2. The van der Waals surface area contributed by atoms with Crippen molar-refractivity contribution < 1.29 is 32.5 Å². The highest BCUT2D eigenvalue weighted by Crippen LogP contribution is 2.33. The number of anilines is 1. The number of likely N-dealkylation sites (tertiary alicyclic amines) is 1. The van der Waals surface area contributed by atoms with Gasteiger partial charge in [-0.05, 0) is 43.5 Å². The smallest absolute Gasteiger partial charge is 0.417 e. The van der Waals surface area contributed by atoms with Crippen LogP contribution in [-0.4, -0.2) is 53.8 Å². The van der Waals surface area contributed by atoms with Gasteiger partial charge in [0.25, 0.3) is 0 Å². The number of ether oxygens (including phenoxy) is 2. The highest BCUT2D eigenvalue weighted by molar-refractivity contribution is 5.89. The van der Waals surface area contributed by atoms with Crippen molar-refractivity contribution in [1.82, 2.24) is 9.88 Å². The Morgan fingerprint density at radius 3 is 2.56 bits per heavy atom. The van der Waals surface area contributed by atoms with Crippen molar-refractivity contribution in [3.63, 3.8) is 0 Å². The van der Waals surface area contributed by atoms with Gasteiger partial charge in [0.1, 0.15) is 5.82 Å². The molecule has 1 saturated heterocycles. The summed E-state index contributed by atoms with van der Waals surface area (Å²) in [6.45, 7) is 4.68. The van der Waals surface area contributed by atoms with Crippen LogP contribution in [0.2, 0.25) is 0 Å². The molecule has 7 nitrogen and oxygen atoms in total. The molecule has 0 atom stereocenters. The molecule has 0 bridgehead atoms. The normalized spacial score (nSPS) is 15.4. The number of aromatic carboxylic acids is 1. The van der Waals surface area contributed by atoms with Crippen LogP contribution >= 0.6 is 0 Å². The molecule has 1 aliphatic rings. The molecule has 1 fully saturated rings. The van der Waals surface area contributed by atoms with E-state index in [9.17, 15) is 18.0 Å². The average molecular weight is 453 g/mol. The number of nitrogens with one attached hydrogen (secondary N) is 1. The van der Waals surface area contributed by atoms with Gasteiger partial charge in [-0.2, -0.15) is 13.2 Å². The average Bonchev–Trinajstić information content (AvgIpc) is 2.75. The molecule has 3 rings (SSSR count). The number of nitrogens with zero attached hydrogens (tertiary/aromatic N) is 2. The van der Waals surface area contributed by atoms with E-state index in [1.165, 1.54) is 0 Å². The Hall–Kier alpha value is -3.01. The molecule has 1 aliphatic heterocycles. The molecular formula is C22H26F3N3O4. The fourth-order valence-corrected chi connectivity index (χ4v) is 3.73. The van der Waals surface area contributed by atoms with Crippen molar-refractivity contribution in [3.8, 4) is 11.5 Å². The zero-order chi connectivity index (χ0) is 23.3. The summed E-state index contributed by atoms with van der Waals surface area (Å²) in [6.07, 6.45) is -2.58. The molecule has 32 heavy (non-hydrogen) atoms. The van der Waals surface area contributed by atoms with Gasteiger partial charge in [-0.15, -0.1) is 0 Å². The summed E-state index contributed by atoms with van der Waals surface area (Å²) in [4.78, 5) is 17.2. The molecule has 0 spiro atoms. The van der Waals surface area contributed by atoms with Gasteiger partial charge in [-0.3, -0.25) is 4.90 Å². The van der Waals surface area contributed by atoms with Crippen LogP contribution in [0.25, 0.3) is 0 Å². The van der Waals surface area contributed by atoms with E-state index >= 15 is 0 Å². The largest absolute Gasteiger partial charge is 0.493 e. The van der Waals surface area contributed by atoms with Gasteiger partial charge >= 0.3 is 12.1 Å². The molecule has 0 saturated carbocycles. The standard InChI is InChI=1S/C22H26F3N3O4/c1-3-32-19-10-14(4-5-18(19)31-2)13-28-8-6-15(7-9-28)27-20-11-17(22(23,24)25)16(12-26-20)21(29)30/h4-5,10-12,15H,3,6-9,13H2,1-2H3,(H,26,27)(H,29,30). The van der Waals surface area contributed by atoms with Gasteiger partial charge in [0.2, 0.25) is 0 Å². The van der Waals surface area contributed by atoms with Crippen molar-refractivity contribution in [1.29, 1.82) is 0 Å².